The molecule has 2 N–H and O–H groups in total. The molecule has 1 rings (SSSR count). The number of nitro benzene ring substituents is 2. The summed E-state index contributed by atoms with van der Waals surface area (Å²) in [6, 6.07) is 1.91. The number of benzene rings is 1. The SMILES string of the molecule is CC(=O)Nc1cc([N+](=O)[O-])c(NCCOS(C)(=O)=O)c([N+](=O)[O-])c1. The third kappa shape index (κ3) is 5.77. The van der Waals surface area contributed by atoms with Gasteiger partial charge in [-0.2, -0.15) is 8.42 Å². The molecule has 0 bridgehead atoms. The smallest absolute Gasteiger partial charge is 0.301 e. The highest BCUT2D eigenvalue weighted by Gasteiger charge is 2.27. The Morgan fingerprint density at radius 3 is 2.08 bits per heavy atom. The Labute approximate surface area is 136 Å². The van der Waals surface area contributed by atoms with Gasteiger partial charge in [-0.1, -0.05) is 0 Å². The molecule has 0 heterocycles. The number of amides is 1. The first-order valence-corrected chi connectivity index (χ1v) is 8.15. The minimum atomic E-state index is -3.71. The molecule has 0 radical (unpaired) electrons. The summed E-state index contributed by atoms with van der Waals surface area (Å²) < 4.78 is 26.1. The van der Waals surface area contributed by atoms with Gasteiger partial charge in [0.05, 0.1) is 28.4 Å². The molecular weight excluding hydrogens is 348 g/mol. The van der Waals surface area contributed by atoms with Crippen LogP contribution in [0.15, 0.2) is 12.1 Å². The predicted octanol–water partition coefficient (Wildman–Crippen LogP) is 0.850. The zero-order valence-corrected chi connectivity index (χ0v) is 13.5. The molecule has 0 fully saturated rings. The molecule has 1 aromatic carbocycles. The number of carbonyl (C=O) groups is 1. The molecule has 0 aliphatic carbocycles. The minimum Gasteiger partial charge on any atom is -0.371 e. The molecule has 0 aromatic heterocycles. The fourth-order valence-electron chi connectivity index (χ4n) is 1.73. The second kappa shape index (κ2) is 7.65. The summed E-state index contributed by atoms with van der Waals surface area (Å²) in [5, 5.41) is 26.9. The number of carbonyl (C=O) groups excluding carboxylic acids is 1. The number of rotatable bonds is 8. The van der Waals surface area contributed by atoms with Crippen molar-refractivity contribution in [1.29, 1.82) is 0 Å². The van der Waals surface area contributed by atoms with Gasteiger partial charge in [-0.15, -0.1) is 0 Å². The molecule has 0 aliphatic heterocycles. The standard InChI is InChI=1S/C11H14N4O8S/c1-7(16)13-8-5-9(14(17)18)11(10(6-8)15(19)20)12-3-4-23-24(2,21)22/h5-6,12H,3-4H2,1-2H3,(H,13,16). The van der Waals surface area contributed by atoms with Crippen molar-refractivity contribution in [3.05, 3.63) is 32.4 Å². The van der Waals surface area contributed by atoms with E-state index in [0.717, 1.165) is 25.3 Å². The average Bonchev–Trinajstić information content (AvgIpc) is 2.41. The zero-order chi connectivity index (χ0) is 18.5. The van der Waals surface area contributed by atoms with Gasteiger partial charge in [0.25, 0.3) is 10.1 Å². The average molecular weight is 362 g/mol. The third-order valence-corrected chi connectivity index (χ3v) is 3.11. The predicted molar refractivity (Wildman–Crippen MR) is 83.3 cm³/mol. The van der Waals surface area contributed by atoms with E-state index in [9.17, 15) is 33.4 Å². The van der Waals surface area contributed by atoms with Crippen LogP contribution in [-0.4, -0.2) is 43.6 Å². The number of hydrogen-bond acceptors (Lipinski definition) is 9. The fraction of sp³-hybridized carbons (Fsp3) is 0.364. The summed E-state index contributed by atoms with van der Waals surface area (Å²) in [6.07, 6.45) is 0.820. The number of nitrogens with one attached hydrogen (secondary N) is 2. The lowest BCUT2D eigenvalue weighted by Gasteiger charge is -2.10. The van der Waals surface area contributed by atoms with E-state index in [1.54, 1.807) is 0 Å². The summed E-state index contributed by atoms with van der Waals surface area (Å²) in [7, 11) is -3.71. The topological polar surface area (TPSA) is 171 Å². The third-order valence-electron chi connectivity index (χ3n) is 2.51. The van der Waals surface area contributed by atoms with Crippen LogP contribution in [-0.2, 0) is 19.1 Å². The quantitative estimate of drug-likeness (QED) is 0.294. The molecule has 0 saturated carbocycles. The molecule has 132 valence electrons. The maximum absolute atomic E-state index is 11.1. The molecule has 0 spiro atoms. The van der Waals surface area contributed by atoms with Crippen LogP contribution in [0.4, 0.5) is 22.7 Å². The van der Waals surface area contributed by atoms with Gasteiger partial charge in [0.15, 0.2) is 5.69 Å². The summed E-state index contributed by atoms with van der Waals surface area (Å²) in [4.78, 5) is 31.6. The van der Waals surface area contributed by atoms with E-state index in [0.29, 0.717) is 0 Å². The maximum Gasteiger partial charge on any atom is 0.301 e. The van der Waals surface area contributed by atoms with Crippen LogP contribution in [0.25, 0.3) is 0 Å². The van der Waals surface area contributed by atoms with Crippen LogP contribution in [0.2, 0.25) is 0 Å². The normalized spacial score (nSPS) is 10.9. The van der Waals surface area contributed by atoms with Crippen LogP contribution >= 0.6 is 0 Å². The van der Waals surface area contributed by atoms with Crippen LogP contribution < -0.4 is 10.6 Å². The van der Waals surface area contributed by atoms with E-state index in [1.807, 2.05) is 0 Å². The summed E-state index contributed by atoms with van der Waals surface area (Å²) in [5.41, 5.74) is -1.82. The molecule has 1 amide bonds. The van der Waals surface area contributed by atoms with Gasteiger partial charge in [-0.3, -0.25) is 29.2 Å². The van der Waals surface area contributed by atoms with Gasteiger partial charge >= 0.3 is 11.4 Å². The van der Waals surface area contributed by atoms with Crippen molar-refractivity contribution >= 4 is 38.8 Å². The van der Waals surface area contributed by atoms with Gasteiger partial charge in [0.1, 0.15) is 0 Å². The molecule has 0 aliphatic rings. The molecule has 0 atom stereocenters. The van der Waals surface area contributed by atoms with Gasteiger partial charge in [-0.05, 0) is 0 Å². The molecule has 12 nitrogen and oxygen atoms in total. The lowest BCUT2D eigenvalue weighted by atomic mass is 10.2. The number of nitrogens with zero attached hydrogens (tertiary/aromatic N) is 2. The fourth-order valence-corrected chi connectivity index (χ4v) is 2.11. The maximum atomic E-state index is 11.1. The highest BCUT2D eigenvalue weighted by Crippen LogP contribution is 2.37. The molecule has 0 saturated heterocycles. The molecule has 13 heteroatoms. The van der Waals surface area contributed by atoms with Crippen LogP contribution in [0, 0.1) is 20.2 Å². The van der Waals surface area contributed by atoms with Crippen molar-refractivity contribution in [2.45, 2.75) is 6.92 Å². The Morgan fingerprint density at radius 2 is 1.71 bits per heavy atom. The Hall–Kier alpha value is -2.80. The van der Waals surface area contributed by atoms with Gasteiger partial charge in [-0.25, -0.2) is 0 Å². The Morgan fingerprint density at radius 1 is 1.21 bits per heavy atom. The second-order valence-corrected chi connectivity index (χ2v) is 6.18. The number of hydrogen-bond donors (Lipinski definition) is 2. The highest BCUT2D eigenvalue weighted by molar-refractivity contribution is 7.85. The first kappa shape index (κ1) is 19.2. The Balaban J connectivity index is 3.17. The van der Waals surface area contributed by atoms with Crippen molar-refractivity contribution in [1.82, 2.24) is 0 Å². The van der Waals surface area contributed by atoms with Crippen molar-refractivity contribution in [3.8, 4) is 0 Å². The summed E-state index contributed by atoms with van der Waals surface area (Å²) >= 11 is 0. The summed E-state index contributed by atoms with van der Waals surface area (Å²) in [6.45, 7) is 0.543. The minimum absolute atomic E-state index is 0.112. The van der Waals surface area contributed by atoms with Gasteiger partial charge in [0, 0.05) is 25.6 Å². The van der Waals surface area contributed by atoms with Crippen molar-refractivity contribution in [2.75, 3.05) is 30.0 Å². The largest absolute Gasteiger partial charge is 0.371 e. The van der Waals surface area contributed by atoms with E-state index in [1.165, 1.54) is 0 Å². The van der Waals surface area contributed by atoms with Gasteiger partial charge in [0.2, 0.25) is 5.91 Å². The van der Waals surface area contributed by atoms with Gasteiger partial charge < -0.3 is 10.6 Å². The monoisotopic (exact) mass is 362 g/mol. The van der Waals surface area contributed by atoms with E-state index in [2.05, 4.69) is 14.8 Å². The Kier molecular flexibility index (Phi) is 6.13. The van der Waals surface area contributed by atoms with E-state index in [4.69, 9.17) is 0 Å². The number of anilines is 2. The molecule has 0 unspecified atom stereocenters. The lowest BCUT2D eigenvalue weighted by Crippen LogP contribution is -2.15. The van der Waals surface area contributed by atoms with Crippen LogP contribution in [0.5, 0.6) is 0 Å². The van der Waals surface area contributed by atoms with Crippen molar-refractivity contribution < 1.29 is 27.2 Å². The molecule has 1 aromatic rings. The first-order chi connectivity index (χ1) is 11.0. The van der Waals surface area contributed by atoms with E-state index in [-0.39, 0.29) is 18.8 Å². The highest BCUT2D eigenvalue weighted by atomic mass is 32.2. The second-order valence-electron chi connectivity index (χ2n) is 4.54. The zero-order valence-electron chi connectivity index (χ0n) is 12.6. The van der Waals surface area contributed by atoms with Crippen LogP contribution in [0.1, 0.15) is 6.92 Å². The van der Waals surface area contributed by atoms with E-state index >= 15 is 0 Å². The lowest BCUT2D eigenvalue weighted by molar-refractivity contribution is -0.392. The first-order valence-electron chi connectivity index (χ1n) is 6.34. The van der Waals surface area contributed by atoms with Crippen molar-refractivity contribution in [2.24, 2.45) is 0 Å². The molecular formula is C11H14N4O8S. The van der Waals surface area contributed by atoms with Crippen molar-refractivity contribution in [3.63, 3.8) is 0 Å². The Bertz CT molecular complexity index is 741. The summed E-state index contributed by atoms with van der Waals surface area (Å²) in [5.74, 6) is -0.555. The molecule has 24 heavy (non-hydrogen) atoms. The van der Waals surface area contributed by atoms with Crippen LogP contribution in [0.3, 0.4) is 0 Å². The number of nitro groups is 2. The van der Waals surface area contributed by atoms with E-state index < -0.39 is 42.9 Å².